The molecule has 0 aliphatic rings. The minimum Gasteiger partial charge on any atom is -0.394 e. The van der Waals surface area contributed by atoms with Crippen LogP contribution in [0, 0.1) is 5.82 Å². The second kappa shape index (κ2) is 8.07. The smallest absolute Gasteiger partial charge is 0.225 e. The van der Waals surface area contributed by atoms with Crippen LogP contribution < -0.4 is 10.6 Å². The highest BCUT2D eigenvalue weighted by molar-refractivity contribution is 6.33. The van der Waals surface area contributed by atoms with Crippen LogP contribution >= 0.6 is 11.6 Å². The van der Waals surface area contributed by atoms with E-state index in [0.717, 1.165) is 0 Å². The number of anilines is 3. The van der Waals surface area contributed by atoms with Crippen molar-refractivity contribution >= 4 is 29.1 Å². The first-order valence-corrected chi connectivity index (χ1v) is 8.33. The van der Waals surface area contributed by atoms with Crippen LogP contribution in [0.25, 0.3) is 11.4 Å². The van der Waals surface area contributed by atoms with Crippen LogP contribution in [0.1, 0.15) is 6.92 Å². The van der Waals surface area contributed by atoms with Crippen molar-refractivity contribution in [1.82, 2.24) is 15.0 Å². The molecule has 1 atom stereocenters. The Hall–Kier alpha value is -2.77. The molecule has 0 unspecified atom stereocenters. The van der Waals surface area contributed by atoms with Crippen molar-refractivity contribution < 1.29 is 9.50 Å². The molecule has 0 amide bonds. The Morgan fingerprint density at radius 2 is 2.00 bits per heavy atom. The zero-order chi connectivity index (χ0) is 18.5. The van der Waals surface area contributed by atoms with Crippen LogP contribution in [0.3, 0.4) is 0 Å². The van der Waals surface area contributed by atoms with Gasteiger partial charge in [0.25, 0.3) is 0 Å². The maximum atomic E-state index is 14.1. The van der Waals surface area contributed by atoms with E-state index in [9.17, 15) is 9.50 Å². The Morgan fingerprint density at radius 3 is 2.69 bits per heavy atom. The summed E-state index contributed by atoms with van der Waals surface area (Å²) in [5, 5.41) is 15.4. The summed E-state index contributed by atoms with van der Waals surface area (Å²) in [5.41, 5.74) is 1.31. The SMILES string of the molecule is C[C@@H](CO)Nc1nc(Nc2c(F)cccc2Cl)cc(-c2ccccn2)n1. The Bertz CT molecular complexity index is 874. The van der Waals surface area contributed by atoms with Gasteiger partial charge in [-0.15, -0.1) is 0 Å². The number of nitrogens with one attached hydrogen (secondary N) is 2. The third-order valence-electron chi connectivity index (χ3n) is 3.52. The Labute approximate surface area is 155 Å². The number of halogens is 2. The van der Waals surface area contributed by atoms with Gasteiger partial charge in [0.1, 0.15) is 11.6 Å². The fourth-order valence-electron chi connectivity index (χ4n) is 2.23. The maximum absolute atomic E-state index is 14.1. The highest BCUT2D eigenvalue weighted by Crippen LogP contribution is 2.29. The molecule has 0 spiro atoms. The summed E-state index contributed by atoms with van der Waals surface area (Å²) in [5.74, 6) is 0.138. The van der Waals surface area contributed by atoms with Gasteiger partial charge in [-0.05, 0) is 31.2 Å². The molecule has 0 bridgehead atoms. The molecule has 2 heterocycles. The minimum atomic E-state index is -0.492. The lowest BCUT2D eigenvalue weighted by molar-refractivity contribution is 0.281. The number of pyridine rings is 1. The van der Waals surface area contributed by atoms with Crippen molar-refractivity contribution in [2.45, 2.75) is 13.0 Å². The maximum Gasteiger partial charge on any atom is 0.225 e. The van der Waals surface area contributed by atoms with E-state index < -0.39 is 5.82 Å². The van der Waals surface area contributed by atoms with Gasteiger partial charge in [0.2, 0.25) is 5.95 Å². The molecule has 0 fully saturated rings. The summed E-state index contributed by atoms with van der Waals surface area (Å²) in [6.07, 6.45) is 1.65. The highest BCUT2D eigenvalue weighted by Gasteiger charge is 2.13. The molecular weight excluding hydrogens is 357 g/mol. The van der Waals surface area contributed by atoms with Crippen LogP contribution in [0.4, 0.5) is 21.8 Å². The van der Waals surface area contributed by atoms with E-state index in [1.54, 1.807) is 37.4 Å². The molecule has 3 aromatic rings. The zero-order valence-electron chi connectivity index (χ0n) is 13.9. The predicted octanol–water partition coefficient (Wildman–Crippen LogP) is 3.87. The third kappa shape index (κ3) is 4.25. The quantitative estimate of drug-likeness (QED) is 0.608. The van der Waals surface area contributed by atoms with Crippen LogP contribution in [0.15, 0.2) is 48.7 Å². The average Bonchev–Trinajstić information content (AvgIpc) is 2.65. The van der Waals surface area contributed by atoms with Gasteiger partial charge < -0.3 is 15.7 Å². The van der Waals surface area contributed by atoms with Crippen molar-refractivity contribution in [2.75, 3.05) is 17.2 Å². The van der Waals surface area contributed by atoms with E-state index >= 15 is 0 Å². The van der Waals surface area contributed by atoms with Gasteiger partial charge in [-0.25, -0.2) is 9.37 Å². The van der Waals surface area contributed by atoms with Gasteiger partial charge in [0, 0.05) is 18.3 Å². The summed E-state index contributed by atoms with van der Waals surface area (Å²) in [4.78, 5) is 13.0. The second-order valence-electron chi connectivity index (χ2n) is 5.63. The number of nitrogens with zero attached hydrogens (tertiary/aromatic N) is 3. The number of aliphatic hydroxyl groups excluding tert-OH is 1. The van der Waals surface area contributed by atoms with E-state index in [2.05, 4.69) is 25.6 Å². The van der Waals surface area contributed by atoms with E-state index in [4.69, 9.17) is 11.6 Å². The van der Waals surface area contributed by atoms with Gasteiger partial charge in [0.15, 0.2) is 0 Å². The van der Waals surface area contributed by atoms with E-state index in [1.165, 1.54) is 12.1 Å². The summed E-state index contributed by atoms with van der Waals surface area (Å²) < 4.78 is 14.1. The van der Waals surface area contributed by atoms with E-state index in [0.29, 0.717) is 17.2 Å². The second-order valence-corrected chi connectivity index (χ2v) is 6.03. The molecule has 0 saturated carbocycles. The summed E-state index contributed by atoms with van der Waals surface area (Å²) >= 11 is 6.08. The van der Waals surface area contributed by atoms with Crippen molar-refractivity contribution in [3.63, 3.8) is 0 Å². The van der Waals surface area contributed by atoms with Gasteiger partial charge in [0.05, 0.1) is 28.7 Å². The monoisotopic (exact) mass is 373 g/mol. The van der Waals surface area contributed by atoms with Crippen molar-refractivity contribution in [3.05, 3.63) is 59.5 Å². The van der Waals surface area contributed by atoms with Gasteiger partial charge in [-0.2, -0.15) is 4.98 Å². The van der Waals surface area contributed by atoms with Crippen LogP contribution in [0.5, 0.6) is 0 Å². The fourth-order valence-corrected chi connectivity index (χ4v) is 2.44. The standard InChI is InChI=1S/C18H17ClFN5O/c1-11(10-26)22-18-23-15(14-7-2-3-8-21-14)9-16(25-18)24-17-12(19)5-4-6-13(17)20/h2-9,11,26H,10H2,1H3,(H2,22,23,24,25)/t11-/m0/s1. The number of hydrogen-bond acceptors (Lipinski definition) is 6. The minimum absolute atomic E-state index is 0.0842. The number of aromatic nitrogens is 3. The molecule has 8 heteroatoms. The molecule has 0 aliphatic carbocycles. The Balaban J connectivity index is 2.02. The lowest BCUT2D eigenvalue weighted by Gasteiger charge is -2.14. The molecule has 3 rings (SSSR count). The molecule has 0 radical (unpaired) electrons. The van der Waals surface area contributed by atoms with Crippen molar-refractivity contribution in [1.29, 1.82) is 0 Å². The first-order chi connectivity index (χ1) is 12.6. The number of hydrogen-bond donors (Lipinski definition) is 3. The van der Waals surface area contributed by atoms with E-state index in [1.807, 2.05) is 6.07 Å². The van der Waals surface area contributed by atoms with Gasteiger partial charge in [-0.3, -0.25) is 4.98 Å². The average molecular weight is 374 g/mol. The zero-order valence-corrected chi connectivity index (χ0v) is 14.7. The molecule has 1 aromatic carbocycles. The number of aliphatic hydroxyl groups is 1. The van der Waals surface area contributed by atoms with Crippen molar-refractivity contribution in [2.24, 2.45) is 0 Å². The number of para-hydroxylation sites is 1. The first kappa shape index (κ1) is 18.0. The molecule has 6 nitrogen and oxygen atoms in total. The number of rotatable bonds is 6. The predicted molar refractivity (Wildman–Crippen MR) is 100 cm³/mol. The van der Waals surface area contributed by atoms with Crippen LogP contribution in [0.2, 0.25) is 5.02 Å². The lowest BCUT2D eigenvalue weighted by atomic mass is 10.2. The topological polar surface area (TPSA) is 83.0 Å². The lowest BCUT2D eigenvalue weighted by Crippen LogP contribution is -2.21. The molecule has 26 heavy (non-hydrogen) atoms. The first-order valence-electron chi connectivity index (χ1n) is 7.95. The molecule has 3 N–H and O–H groups in total. The molecule has 2 aromatic heterocycles. The van der Waals surface area contributed by atoms with Crippen LogP contribution in [-0.2, 0) is 0 Å². The molecular formula is C18H17ClFN5O. The Kier molecular flexibility index (Phi) is 5.60. The molecule has 134 valence electrons. The number of benzene rings is 1. The highest BCUT2D eigenvalue weighted by atomic mass is 35.5. The summed E-state index contributed by atoms with van der Waals surface area (Å²) in [7, 11) is 0. The van der Waals surface area contributed by atoms with Crippen LogP contribution in [-0.4, -0.2) is 32.7 Å². The van der Waals surface area contributed by atoms with Crippen molar-refractivity contribution in [3.8, 4) is 11.4 Å². The fraction of sp³-hybridized carbons (Fsp3) is 0.167. The van der Waals surface area contributed by atoms with E-state index in [-0.39, 0.29) is 29.3 Å². The molecule has 0 aliphatic heterocycles. The summed E-state index contributed by atoms with van der Waals surface area (Å²) in [6.45, 7) is 1.71. The van der Waals surface area contributed by atoms with Gasteiger partial charge in [-0.1, -0.05) is 23.7 Å². The van der Waals surface area contributed by atoms with Gasteiger partial charge >= 0.3 is 0 Å². The molecule has 0 saturated heterocycles. The summed E-state index contributed by atoms with van der Waals surface area (Å²) in [6, 6.07) is 11.3. The largest absolute Gasteiger partial charge is 0.394 e. The normalized spacial score (nSPS) is 11.8. The Morgan fingerprint density at radius 1 is 1.15 bits per heavy atom. The third-order valence-corrected chi connectivity index (χ3v) is 3.83.